The molecular weight excluding hydrogens is 266 g/mol. The Balaban J connectivity index is 1.98. The molecule has 0 radical (unpaired) electrons. The van der Waals surface area contributed by atoms with Crippen LogP contribution in [0.2, 0.25) is 4.34 Å². The molecule has 1 aliphatic rings. The predicted octanol–water partition coefficient (Wildman–Crippen LogP) is 3.57. The molecule has 0 saturated carbocycles. The van der Waals surface area contributed by atoms with Gasteiger partial charge in [-0.3, -0.25) is 0 Å². The van der Waals surface area contributed by atoms with Crippen molar-refractivity contribution in [2.75, 3.05) is 13.1 Å². The second-order valence-corrected chi connectivity index (χ2v) is 7.39. The number of halogens is 1. The van der Waals surface area contributed by atoms with E-state index < -0.39 is 5.60 Å². The molecule has 1 aromatic heterocycles. The normalized spacial score (nSPS) is 26.5. The topological polar surface area (TPSA) is 23.5 Å². The van der Waals surface area contributed by atoms with Crippen molar-refractivity contribution in [2.24, 2.45) is 0 Å². The minimum atomic E-state index is -0.544. The number of likely N-dealkylation sites (tertiary alicyclic amines) is 1. The van der Waals surface area contributed by atoms with Crippen molar-refractivity contribution in [3.63, 3.8) is 0 Å². The van der Waals surface area contributed by atoms with Crippen LogP contribution < -0.4 is 0 Å². The summed E-state index contributed by atoms with van der Waals surface area (Å²) in [5.74, 6) is 0. The molecule has 0 bridgehead atoms. The van der Waals surface area contributed by atoms with Gasteiger partial charge in [-0.15, -0.1) is 11.3 Å². The Labute approximate surface area is 119 Å². The molecule has 102 valence electrons. The van der Waals surface area contributed by atoms with Crippen LogP contribution in [-0.4, -0.2) is 34.7 Å². The van der Waals surface area contributed by atoms with Crippen molar-refractivity contribution < 1.29 is 5.11 Å². The molecule has 4 heteroatoms. The molecule has 0 spiro atoms. The van der Waals surface area contributed by atoms with E-state index in [1.165, 1.54) is 4.88 Å². The highest BCUT2D eigenvalue weighted by Crippen LogP contribution is 2.31. The molecule has 1 atom stereocenters. The third kappa shape index (κ3) is 3.70. The molecular formula is C14H22ClNOS. The molecule has 2 nitrogen and oxygen atoms in total. The molecule has 0 aliphatic carbocycles. The fourth-order valence-corrected chi connectivity index (χ4v) is 3.89. The van der Waals surface area contributed by atoms with E-state index in [4.69, 9.17) is 11.6 Å². The number of rotatable bonds is 3. The summed E-state index contributed by atoms with van der Waals surface area (Å²) >= 11 is 7.53. The molecule has 1 fully saturated rings. The fraction of sp³-hybridized carbons (Fsp3) is 0.714. The summed E-state index contributed by atoms with van der Waals surface area (Å²) in [4.78, 5) is 3.65. The molecule has 0 amide bonds. The van der Waals surface area contributed by atoms with Crippen molar-refractivity contribution >= 4 is 22.9 Å². The minimum absolute atomic E-state index is 0.544. The first-order chi connectivity index (χ1) is 8.48. The third-order valence-corrected chi connectivity index (χ3v) is 5.05. The van der Waals surface area contributed by atoms with Gasteiger partial charge in [0.05, 0.1) is 9.94 Å². The zero-order valence-electron chi connectivity index (χ0n) is 11.2. The summed E-state index contributed by atoms with van der Waals surface area (Å²) < 4.78 is 0.811. The van der Waals surface area contributed by atoms with Crippen LogP contribution in [0.1, 0.15) is 38.0 Å². The van der Waals surface area contributed by atoms with Crippen LogP contribution in [0.4, 0.5) is 0 Å². The van der Waals surface area contributed by atoms with Crippen molar-refractivity contribution in [2.45, 2.75) is 51.2 Å². The highest BCUT2D eigenvalue weighted by molar-refractivity contribution is 7.16. The molecule has 1 saturated heterocycles. The molecule has 0 aromatic carbocycles. The van der Waals surface area contributed by atoms with Gasteiger partial charge >= 0.3 is 0 Å². The van der Waals surface area contributed by atoms with Gasteiger partial charge < -0.3 is 10.0 Å². The van der Waals surface area contributed by atoms with Crippen molar-refractivity contribution in [3.05, 3.63) is 21.3 Å². The van der Waals surface area contributed by atoms with E-state index in [1.54, 1.807) is 11.3 Å². The van der Waals surface area contributed by atoms with Crippen LogP contribution in [0.5, 0.6) is 0 Å². The lowest BCUT2D eigenvalue weighted by Crippen LogP contribution is -2.35. The minimum Gasteiger partial charge on any atom is -0.389 e. The van der Waals surface area contributed by atoms with E-state index in [9.17, 15) is 5.11 Å². The third-order valence-electron chi connectivity index (χ3n) is 3.81. The van der Waals surface area contributed by atoms with Crippen LogP contribution in [-0.2, 0) is 6.42 Å². The maximum atomic E-state index is 10.8. The van der Waals surface area contributed by atoms with Crippen LogP contribution in [0.3, 0.4) is 0 Å². The zero-order chi connectivity index (χ0) is 13.2. The lowest BCUT2D eigenvalue weighted by Gasteiger charge is -2.27. The van der Waals surface area contributed by atoms with Gasteiger partial charge in [-0.05, 0) is 51.8 Å². The largest absolute Gasteiger partial charge is 0.389 e. The summed E-state index contributed by atoms with van der Waals surface area (Å²) in [5, 5.41) is 10.8. The van der Waals surface area contributed by atoms with E-state index >= 15 is 0 Å². The van der Waals surface area contributed by atoms with E-state index in [2.05, 4.69) is 18.7 Å². The van der Waals surface area contributed by atoms with Gasteiger partial charge in [0.15, 0.2) is 0 Å². The summed E-state index contributed by atoms with van der Waals surface area (Å²) in [6.07, 6.45) is 3.58. The van der Waals surface area contributed by atoms with Crippen LogP contribution in [0, 0.1) is 0 Å². The average molecular weight is 288 g/mol. The number of thiophene rings is 1. The van der Waals surface area contributed by atoms with Gasteiger partial charge in [-0.1, -0.05) is 11.6 Å². The van der Waals surface area contributed by atoms with Gasteiger partial charge in [-0.2, -0.15) is 0 Å². The van der Waals surface area contributed by atoms with E-state index in [1.807, 2.05) is 12.1 Å². The maximum Gasteiger partial charge on any atom is 0.0931 e. The predicted molar refractivity (Wildman–Crippen MR) is 78.5 cm³/mol. The Kier molecular flexibility index (Phi) is 4.70. The first-order valence-corrected chi connectivity index (χ1v) is 7.89. The molecule has 2 heterocycles. The van der Waals surface area contributed by atoms with Crippen molar-refractivity contribution in [1.29, 1.82) is 0 Å². The highest BCUT2D eigenvalue weighted by atomic mass is 35.5. The van der Waals surface area contributed by atoms with Crippen LogP contribution >= 0.6 is 22.9 Å². The summed E-state index contributed by atoms with van der Waals surface area (Å²) in [7, 11) is 0. The Morgan fingerprint density at radius 2 is 2.17 bits per heavy atom. The number of aliphatic hydroxyl groups is 1. The smallest absolute Gasteiger partial charge is 0.0931 e. The second kappa shape index (κ2) is 5.91. The van der Waals surface area contributed by atoms with E-state index in [0.717, 1.165) is 43.1 Å². The molecule has 1 N–H and O–H groups in total. The van der Waals surface area contributed by atoms with Crippen LogP contribution in [0.15, 0.2) is 12.1 Å². The van der Waals surface area contributed by atoms with Gasteiger partial charge in [0.25, 0.3) is 0 Å². The van der Waals surface area contributed by atoms with Gasteiger partial charge in [0.1, 0.15) is 0 Å². The van der Waals surface area contributed by atoms with E-state index in [0.29, 0.717) is 6.04 Å². The molecule has 1 unspecified atom stereocenters. The SMILES string of the molecule is CC(C)N1CCCC(O)(Cc2ccc(Cl)s2)CC1. The summed E-state index contributed by atoms with van der Waals surface area (Å²) in [6, 6.07) is 4.53. The number of hydrogen-bond acceptors (Lipinski definition) is 3. The number of hydrogen-bond donors (Lipinski definition) is 1. The van der Waals surface area contributed by atoms with Gasteiger partial charge in [0, 0.05) is 23.9 Å². The lowest BCUT2D eigenvalue weighted by atomic mass is 9.90. The summed E-state index contributed by atoms with van der Waals surface area (Å²) in [5.41, 5.74) is -0.544. The van der Waals surface area contributed by atoms with Gasteiger partial charge in [-0.25, -0.2) is 0 Å². The second-order valence-electron chi connectivity index (χ2n) is 5.59. The fourth-order valence-electron chi connectivity index (χ4n) is 2.66. The molecule has 1 aliphatic heterocycles. The number of nitrogens with zero attached hydrogens (tertiary/aromatic N) is 1. The quantitative estimate of drug-likeness (QED) is 0.919. The van der Waals surface area contributed by atoms with E-state index in [-0.39, 0.29) is 0 Å². The van der Waals surface area contributed by atoms with Crippen molar-refractivity contribution in [1.82, 2.24) is 4.90 Å². The molecule has 18 heavy (non-hydrogen) atoms. The van der Waals surface area contributed by atoms with Crippen LogP contribution in [0.25, 0.3) is 0 Å². The maximum absolute atomic E-state index is 10.8. The highest BCUT2D eigenvalue weighted by Gasteiger charge is 2.31. The monoisotopic (exact) mass is 287 g/mol. The summed E-state index contributed by atoms with van der Waals surface area (Å²) in [6.45, 7) is 6.55. The lowest BCUT2D eigenvalue weighted by molar-refractivity contribution is 0.0256. The first kappa shape index (κ1) is 14.3. The first-order valence-electron chi connectivity index (χ1n) is 6.69. The molecule has 1 aromatic rings. The zero-order valence-corrected chi connectivity index (χ0v) is 12.7. The van der Waals surface area contributed by atoms with Gasteiger partial charge in [0.2, 0.25) is 0 Å². The Hall–Kier alpha value is -0.0900. The Bertz CT molecular complexity index is 393. The van der Waals surface area contributed by atoms with Crippen molar-refractivity contribution in [3.8, 4) is 0 Å². The molecule has 2 rings (SSSR count). The standard InChI is InChI=1S/C14H22ClNOS/c1-11(2)16-8-3-6-14(17,7-9-16)10-12-4-5-13(15)18-12/h4-5,11,17H,3,6-10H2,1-2H3. The Morgan fingerprint density at radius 1 is 1.39 bits per heavy atom. The average Bonchev–Trinajstić information content (AvgIpc) is 2.58. The Morgan fingerprint density at radius 3 is 2.78 bits per heavy atom.